The van der Waals surface area contributed by atoms with Gasteiger partial charge in [-0.2, -0.15) is 0 Å². The number of ketones is 1. The van der Waals surface area contributed by atoms with Gasteiger partial charge >= 0.3 is 0 Å². The number of unbranched alkanes of at least 4 members (excludes halogenated alkanes) is 1. The first-order valence-electron chi connectivity index (χ1n) is 7.12. The number of nitrogens with zero attached hydrogens (tertiary/aromatic N) is 1. The lowest BCUT2D eigenvalue weighted by molar-refractivity contribution is -0.178. The van der Waals surface area contributed by atoms with Crippen molar-refractivity contribution in [3.8, 4) is 0 Å². The highest BCUT2D eigenvalue weighted by molar-refractivity contribution is 5.98. The van der Waals surface area contributed by atoms with E-state index < -0.39 is 0 Å². The van der Waals surface area contributed by atoms with Crippen LogP contribution in [0.2, 0.25) is 0 Å². The number of hydrogen-bond donors (Lipinski definition) is 0. The molecule has 0 aliphatic heterocycles. The van der Waals surface area contributed by atoms with Crippen LogP contribution in [0.25, 0.3) is 0 Å². The molecular weight excluding hydrogens is 210 g/mol. The summed E-state index contributed by atoms with van der Waals surface area (Å²) in [4.78, 5) is 14.9. The van der Waals surface area contributed by atoms with E-state index in [1.807, 2.05) is 0 Å². The summed E-state index contributed by atoms with van der Waals surface area (Å²) in [7, 11) is 4.25. The molecule has 0 radical (unpaired) electrons. The first-order valence-corrected chi connectivity index (χ1v) is 7.12. The molecule has 2 atom stereocenters. The summed E-state index contributed by atoms with van der Waals surface area (Å²) >= 11 is 0. The lowest BCUT2D eigenvalue weighted by atomic mass is 9.45. The predicted octanol–water partition coefficient (Wildman–Crippen LogP) is 3.50. The van der Waals surface area contributed by atoms with Crippen molar-refractivity contribution >= 4 is 5.78 Å². The lowest BCUT2D eigenvalue weighted by Crippen LogP contribution is -2.72. The van der Waals surface area contributed by atoms with Gasteiger partial charge in [-0.3, -0.25) is 4.79 Å². The number of carbonyl (C=O) groups excluding carboxylic acids is 1. The Bertz CT molecular complexity index is 281. The summed E-state index contributed by atoms with van der Waals surface area (Å²) in [5.41, 5.74) is -0.183. The van der Waals surface area contributed by atoms with Crippen molar-refractivity contribution in [1.82, 2.24) is 4.90 Å². The second-order valence-electron chi connectivity index (χ2n) is 6.08. The van der Waals surface area contributed by atoms with Crippen molar-refractivity contribution in [3.63, 3.8) is 0 Å². The molecule has 0 aromatic heterocycles. The van der Waals surface area contributed by atoms with Gasteiger partial charge in [-0.15, -0.1) is 0 Å². The Balaban J connectivity index is 2.99. The number of carbonyl (C=O) groups is 1. The van der Waals surface area contributed by atoms with E-state index in [0.717, 1.165) is 25.7 Å². The maximum Gasteiger partial charge on any atom is 0.148 e. The number of Topliss-reactive ketones (excluding diaryl/α,β-unsaturated/α-hetero) is 1. The van der Waals surface area contributed by atoms with Gasteiger partial charge in [0, 0.05) is 16.9 Å². The summed E-state index contributed by atoms with van der Waals surface area (Å²) in [6.45, 7) is 8.71. The summed E-state index contributed by atoms with van der Waals surface area (Å²) in [5, 5.41) is 0. The molecule has 0 aromatic carbocycles. The molecule has 1 rings (SSSR count). The molecule has 2 unspecified atom stereocenters. The van der Waals surface area contributed by atoms with Crippen LogP contribution in [0.3, 0.4) is 0 Å². The van der Waals surface area contributed by atoms with Crippen molar-refractivity contribution in [2.45, 2.75) is 65.8 Å². The molecule has 1 aliphatic carbocycles. The molecule has 2 heteroatoms. The average Bonchev–Trinajstić information content (AvgIpc) is 2.31. The molecule has 0 spiro atoms. The molecule has 2 nitrogen and oxygen atoms in total. The zero-order valence-corrected chi connectivity index (χ0v) is 12.5. The monoisotopic (exact) mass is 239 g/mol. The van der Waals surface area contributed by atoms with E-state index in [-0.39, 0.29) is 10.8 Å². The van der Waals surface area contributed by atoms with Crippen LogP contribution in [-0.4, -0.2) is 30.8 Å². The molecule has 0 amide bonds. The van der Waals surface area contributed by atoms with E-state index in [1.54, 1.807) is 0 Å². The third kappa shape index (κ3) is 1.95. The molecule has 0 N–H and O–H groups in total. The molecule has 0 heterocycles. The molecule has 100 valence electrons. The van der Waals surface area contributed by atoms with Gasteiger partial charge in [0.1, 0.15) is 5.78 Å². The van der Waals surface area contributed by atoms with Crippen molar-refractivity contribution in [2.75, 3.05) is 14.1 Å². The quantitative estimate of drug-likeness (QED) is 0.707. The molecule has 17 heavy (non-hydrogen) atoms. The summed E-state index contributed by atoms with van der Waals surface area (Å²) in [5.74, 6) is 0.516. The highest BCUT2D eigenvalue weighted by Gasteiger charge is 2.66. The molecular formula is C15H29NO. The molecule has 1 saturated carbocycles. The van der Waals surface area contributed by atoms with E-state index in [1.165, 1.54) is 6.42 Å². The minimum Gasteiger partial charge on any atom is -0.304 e. The van der Waals surface area contributed by atoms with Gasteiger partial charge in [0.05, 0.1) is 0 Å². The van der Waals surface area contributed by atoms with Crippen molar-refractivity contribution in [1.29, 1.82) is 0 Å². The first-order chi connectivity index (χ1) is 7.90. The Labute approximate surface area is 107 Å². The number of hydrogen-bond acceptors (Lipinski definition) is 2. The summed E-state index contributed by atoms with van der Waals surface area (Å²) in [6.07, 6.45) is 5.34. The predicted molar refractivity (Wildman–Crippen MR) is 73.1 cm³/mol. The Kier molecular flexibility index (Phi) is 4.40. The second-order valence-corrected chi connectivity index (χ2v) is 6.08. The third-order valence-corrected chi connectivity index (χ3v) is 4.93. The maximum absolute atomic E-state index is 12.7. The summed E-state index contributed by atoms with van der Waals surface area (Å²) in [6, 6.07) is 0.420. The first kappa shape index (κ1) is 14.7. The van der Waals surface area contributed by atoms with Crippen LogP contribution < -0.4 is 0 Å². The summed E-state index contributed by atoms with van der Waals surface area (Å²) < 4.78 is 0. The fourth-order valence-electron chi connectivity index (χ4n) is 4.17. The SMILES string of the molecule is CCCCC1(C)C(=O)C(CC)(CC)C1N(C)C. The fraction of sp³-hybridized carbons (Fsp3) is 0.933. The van der Waals surface area contributed by atoms with Crippen molar-refractivity contribution < 1.29 is 4.79 Å². The molecule has 0 aromatic rings. The Morgan fingerprint density at radius 3 is 2.06 bits per heavy atom. The van der Waals surface area contributed by atoms with Crippen molar-refractivity contribution in [2.24, 2.45) is 10.8 Å². The Morgan fingerprint density at radius 2 is 1.71 bits per heavy atom. The van der Waals surface area contributed by atoms with E-state index in [0.29, 0.717) is 11.8 Å². The van der Waals surface area contributed by atoms with Crippen LogP contribution >= 0.6 is 0 Å². The maximum atomic E-state index is 12.7. The van der Waals surface area contributed by atoms with Gasteiger partial charge in [-0.1, -0.05) is 40.5 Å². The van der Waals surface area contributed by atoms with Gasteiger partial charge in [0.25, 0.3) is 0 Å². The van der Waals surface area contributed by atoms with E-state index in [2.05, 4.69) is 46.7 Å². The largest absolute Gasteiger partial charge is 0.304 e. The molecule has 1 aliphatic rings. The molecule has 0 saturated heterocycles. The number of rotatable bonds is 6. The van der Waals surface area contributed by atoms with E-state index in [4.69, 9.17) is 0 Å². The van der Waals surface area contributed by atoms with Gasteiger partial charge in [-0.25, -0.2) is 0 Å². The highest BCUT2D eigenvalue weighted by atomic mass is 16.1. The minimum atomic E-state index is -0.106. The van der Waals surface area contributed by atoms with E-state index in [9.17, 15) is 4.79 Å². The zero-order valence-electron chi connectivity index (χ0n) is 12.5. The van der Waals surface area contributed by atoms with Crippen molar-refractivity contribution in [3.05, 3.63) is 0 Å². The van der Waals surface area contributed by atoms with E-state index >= 15 is 0 Å². The van der Waals surface area contributed by atoms with Crippen LogP contribution in [0.1, 0.15) is 59.8 Å². The van der Waals surface area contributed by atoms with Crippen LogP contribution in [0.15, 0.2) is 0 Å². The zero-order chi connectivity index (χ0) is 13.3. The van der Waals surface area contributed by atoms with Crippen LogP contribution in [0.5, 0.6) is 0 Å². The lowest BCUT2D eigenvalue weighted by Gasteiger charge is -2.62. The standard InChI is InChI=1S/C15H29NO/c1-7-10-11-14(4)12(16(5)6)15(8-2,9-3)13(14)17/h12H,7-11H2,1-6H3. The van der Waals surface area contributed by atoms with Gasteiger partial charge in [0.2, 0.25) is 0 Å². The second kappa shape index (κ2) is 5.09. The molecule has 0 bridgehead atoms. The Hall–Kier alpha value is -0.370. The average molecular weight is 239 g/mol. The third-order valence-electron chi connectivity index (χ3n) is 4.93. The van der Waals surface area contributed by atoms with Gasteiger partial charge in [-0.05, 0) is 33.4 Å². The minimum absolute atomic E-state index is 0.0774. The van der Waals surface area contributed by atoms with Crippen LogP contribution in [0, 0.1) is 10.8 Å². The van der Waals surface area contributed by atoms with Gasteiger partial charge in [0.15, 0.2) is 0 Å². The van der Waals surface area contributed by atoms with Gasteiger partial charge < -0.3 is 4.90 Å². The topological polar surface area (TPSA) is 20.3 Å². The smallest absolute Gasteiger partial charge is 0.148 e. The highest BCUT2D eigenvalue weighted by Crippen LogP contribution is 2.58. The normalized spacial score (nSPS) is 31.7. The fourth-order valence-corrected chi connectivity index (χ4v) is 4.17. The Morgan fingerprint density at radius 1 is 1.18 bits per heavy atom. The van der Waals surface area contributed by atoms with Crippen LogP contribution in [0.4, 0.5) is 0 Å². The molecule has 1 fully saturated rings. The van der Waals surface area contributed by atoms with Crippen LogP contribution in [-0.2, 0) is 4.79 Å².